The largest absolute Gasteiger partial charge is 0.481 e. The van der Waals surface area contributed by atoms with Crippen LogP contribution >= 0.6 is 0 Å². The van der Waals surface area contributed by atoms with Crippen molar-refractivity contribution in [3.63, 3.8) is 0 Å². The van der Waals surface area contributed by atoms with Crippen LogP contribution in [0.5, 0.6) is 5.88 Å². The normalized spacial score (nSPS) is 22.1. The number of carbonyl (C=O) groups is 1. The van der Waals surface area contributed by atoms with E-state index in [1.807, 2.05) is 0 Å². The van der Waals surface area contributed by atoms with Crippen LogP contribution in [0.2, 0.25) is 0 Å². The number of rotatable bonds is 7. The number of anilines is 1. The highest BCUT2D eigenvalue weighted by Crippen LogP contribution is 2.36. The van der Waals surface area contributed by atoms with Crippen LogP contribution in [-0.4, -0.2) is 43.1 Å². The van der Waals surface area contributed by atoms with Crippen molar-refractivity contribution >= 4 is 11.7 Å². The summed E-state index contributed by atoms with van der Waals surface area (Å²) in [6.07, 6.45) is 2.28. The molecule has 2 aliphatic rings. The minimum atomic E-state index is -2.58. The van der Waals surface area contributed by atoms with Crippen LogP contribution in [0.3, 0.4) is 0 Å². The summed E-state index contributed by atoms with van der Waals surface area (Å²) in [6.45, 7) is 1.31. The molecule has 28 heavy (non-hydrogen) atoms. The summed E-state index contributed by atoms with van der Waals surface area (Å²) < 4.78 is 46.1. The SMILES string of the molecule is COc1nc(NCC2CCC(F)(F)CC2)c(F)cc1CNC(=O)C1CCCN1. The van der Waals surface area contributed by atoms with Gasteiger partial charge in [-0.25, -0.2) is 13.2 Å². The van der Waals surface area contributed by atoms with E-state index in [1.165, 1.54) is 13.2 Å². The Balaban J connectivity index is 1.57. The van der Waals surface area contributed by atoms with E-state index >= 15 is 0 Å². The fourth-order valence-corrected chi connectivity index (χ4v) is 3.70. The predicted octanol–water partition coefficient (Wildman–Crippen LogP) is 2.83. The van der Waals surface area contributed by atoms with E-state index < -0.39 is 11.7 Å². The predicted molar refractivity (Wildman–Crippen MR) is 99.0 cm³/mol. The molecule has 3 rings (SSSR count). The molecule has 1 aliphatic heterocycles. The zero-order chi connectivity index (χ0) is 20.1. The maximum Gasteiger partial charge on any atom is 0.248 e. The van der Waals surface area contributed by atoms with Gasteiger partial charge in [0.05, 0.1) is 13.2 Å². The summed E-state index contributed by atoms with van der Waals surface area (Å²) in [5.74, 6) is -2.96. The minimum Gasteiger partial charge on any atom is -0.481 e. The summed E-state index contributed by atoms with van der Waals surface area (Å²) in [7, 11) is 1.43. The lowest BCUT2D eigenvalue weighted by atomic mass is 9.87. The van der Waals surface area contributed by atoms with Crippen molar-refractivity contribution in [2.45, 2.75) is 57.0 Å². The Hall–Kier alpha value is -2.03. The molecular formula is C19H27F3N4O2. The van der Waals surface area contributed by atoms with Crippen molar-refractivity contribution in [1.82, 2.24) is 15.6 Å². The Kier molecular flexibility index (Phi) is 6.64. The summed E-state index contributed by atoms with van der Waals surface area (Å²) >= 11 is 0. The van der Waals surface area contributed by atoms with Crippen molar-refractivity contribution in [2.24, 2.45) is 5.92 Å². The third-order valence-corrected chi connectivity index (χ3v) is 5.43. The molecule has 1 atom stereocenters. The molecule has 156 valence electrons. The Labute approximate surface area is 162 Å². The number of nitrogens with one attached hydrogen (secondary N) is 3. The standard InChI is InChI=1S/C19H27F3N4O2/c1-28-18-13(11-25-17(27)15-3-2-8-23-15)9-14(20)16(26-18)24-10-12-4-6-19(21,22)7-5-12/h9,12,15,23H,2-8,10-11H2,1H3,(H,24,26)(H,25,27). The van der Waals surface area contributed by atoms with Gasteiger partial charge in [-0.3, -0.25) is 4.79 Å². The molecule has 2 fully saturated rings. The quantitative estimate of drug-likeness (QED) is 0.656. The van der Waals surface area contributed by atoms with Gasteiger partial charge in [-0.05, 0) is 44.2 Å². The first-order valence-corrected chi connectivity index (χ1v) is 9.74. The highest BCUT2D eigenvalue weighted by atomic mass is 19.3. The third-order valence-electron chi connectivity index (χ3n) is 5.43. The second-order valence-corrected chi connectivity index (χ2v) is 7.53. The number of nitrogens with zero attached hydrogens (tertiary/aromatic N) is 1. The van der Waals surface area contributed by atoms with Gasteiger partial charge in [-0.1, -0.05) is 0 Å². The van der Waals surface area contributed by atoms with Gasteiger partial charge in [0, 0.05) is 31.5 Å². The molecule has 1 saturated carbocycles. The molecule has 1 unspecified atom stereocenters. The molecule has 1 saturated heterocycles. The lowest BCUT2D eigenvalue weighted by Gasteiger charge is -2.28. The molecule has 3 N–H and O–H groups in total. The second kappa shape index (κ2) is 8.98. The van der Waals surface area contributed by atoms with E-state index in [9.17, 15) is 18.0 Å². The third kappa shape index (κ3) is 5.27. The molecule has 9 heteroatoms. The topological polar surface area (TPSA) is 75.3 Å². The zero-order valence-electron chi connectivity index (χ0n) is 16.0. The molecule has 0 radical (unpaired) electrons. The number of ether oxygens (including phenoxy) is 1. The van der Waals surface area contributed by atoms with E-state index in [0.29, 0.717) is 24.9 Å². The van der Waals surface area contributed by atoms with Crippen molar-refractivity contribution in [2.75, 3.05) is 25.5 Å². The van der Waals surface area contributed by atoms with E-state index in [-0.39, 0.29) is 49.0 Å². The Bertz CT molecular complexity index is 686. The molecule has 2 heterocycles. The van der Waals surface area contributed by atoms with Crippen molar-refractivity contribution in [3.8, 4) is 5.88 Å². The molecule has 6 nitrogen and oxygen atoms in total. The first-order chi connectivity index (χ1) is 13.4. The van der Waals surface area contributed by atoms with Gasteiger partial charge in [-0.15, -0.1) is 0 Å². The first kappa shape index (κ1) is 20.7. The van der Waals surface area contributed by atoms with E-state index in [4.69, 9.17) is 4.74 Å². The van der Waals surface area contributed by atoms with E-state index in [0.717, 1.165) is 19.4 Å². The second-order valence-electron chi connectivity index (χ2n) is 7.53. The Morgan fingerprint density at radius 3 is 2.75 bits per heavy atom. The van der Waals surface area contributed by atoms with Crippen molar-refractivity contribution < 1.29 is 22.7 Å². The first-order valence-electron chi connectivity index (χ1n) is 9.74. The number of halogens is 3. The average molecular weight is 400 g/mol. The van der Waals surface area contributed by atoms with Gasteiger partial charge in [0.15, 0.2) is 11.6 Å². The highest BCUT2D eigenvalue weighted by molar-refractivity contribution is 5.82. The van der Waals surface area contributed by atoms with Gasteiger partial charge in [0.1, 0.15) is 0 Å². The number of hydrogen-bond donors (Lipinski definition) is 3. The van der Waals surface area contributed by atoms with E-state index in [1.54, 1.807) is 0 Å². The van der Waals surface area contributed by atoms with Gasteiger partial charge < -0.3 is 20.7 Å². The molecule has 1 aromatic heterocycles. The van der Waals surface area contributed by atoms with Crippen LogP contribution in [0.1, 0.15) is 44.1 Å². The smallest absolute Gasteiger partial charge is 0.248 e. The Morgan fingerprint density at radius 2 is 2.11 bits per heavy atom. The molecule has 0 spiro atoms. The Morgan fingerprint density at radius 1 is 1.36 bits per heavy atom. The summed E-state index contributed by atoms with van der Waals surface area (Å²) in [5.41, 5.74) is 0.439. The van der Waals surface area contributed by atoms with Crippen LogP contribution in [0, 0.1) is 11.7 Å². The zero-order valence-corrected chi connectivity index (χ0v) is 16.0. The number of pyridine rings is 1. The number of carbonyl (C=O) groups excluding carboxylic acids is 1. The molecule has 0 bridgehead atoms. The van der Waals surface area contributed by atoms with Crippen molar-refractivity contribution in [3.05, 3.63) is 17.4 Å². The molecule has 1 aliphatic carbocycles. The summed E-state index contributed by atoms with van der Waals surface area (Å²) in [4.78, 5) is 16.3. The van der Waals surface area contributed by atoms with Crippen LogP contribution in [0.4, 0.5) is 19.0 Å². The molecule has 0 aromatic carbocycles. The fourth-order valence-electron chi connectivity index (χ4n) is 3.70. The van der Waals surface area contributed by atoms with E-state index in [2.05, 4.69) is 20.9 Å². The van der Waals surface area contributed by atoms with Crippen LogP contribution in [0.25, 0.3) is 0 Å². The minimum absolute atomic E-state index is 0.0294. The number of methoxy groups -OCH3 is 1. The molecular weight excluding hydrogens is 373 g/mol. The highest BCUT2D eigenvalue weighted by Gasteiger charge is 2.34. The molecule has 1 amide bonds. The summed E-state index contributed by atoms with van der Waals surface area (Å²) in [6, 6.07) is 1.07. The number of hydrogen-bond acceptors (Lipinski definition) is 5. The van der Waals surface area contributed by atoms with Crippen LogP contribution in [-0.2, 0) is 11.3 Å². The fraction of sp³-hybridized carbons (Fsp3) is 0.684. The van der Waals surface area contributed by atoms with Gasteiger partial charge in [0.2, 0.25) is 17.7 Å². The van der Waals surface area contributed by atoms with Gasteiger partial charge in [0.25, 0.3) is 0 Å². The number of alkyl halides is 2. The lowest BCUT2D eigenvalue weighted by Crippen LogP contribution is -2.40. The number of aromatic nitrogens is 1. The van der Waals surface area contributed by atoms with Crippen LogP contribution < -0.4 is 20.7 Å². The maximum atomic E-state index is 14.4. The average Bonchev–Trinajstić information content (AvgIpc) is 3.21. The van der Waals surface area contributed by atoms with Gasteiger partial charge >= 0.3 is 0 Å². The lowest BCUT2D eigenvalue weighted by molar-refractivity contribution is -0.122. The monoisotopic (exact) mass is 400 g/mol. The molecule has 1 aromatic rings. The summed E-state index contributed by atoms with van der Waals surface area (Å²) in [5, 5.41) is 8.79. The maximum absolute atomic E-state index is 14.4. The van der Waals surface area contributed by atoms with Gasteiger partial charge in [-0.2, -0.15) is 4.98 Å². The number of amides is 1. The van der Waals surface area contributed by atoms with Crippen molar-refractivity contribution in [1.29, 1.82) is 0 Å². The van der Waals surface area contributed by atoms with Crippen LogP contribution in [0.15, 0.2) is 6.07 Å².